The fourth-order valence-electron chi connectivity index (χ4n) is 4.23. The molecule has 3 aromatic rings. The first-order valence-corrected chi connectivity index (χ1v) is 12.3. The van der Waals surface area contributed by atoms with E-state index >= 15 is 0 Å². The lowest BCUT2D eigenvalue weighted by Crippen LogP contribution is -2.45. The average Bonchev–Trinajstić information content (AvgIpc) is 2.90. The first-order chi connectivity index (χ1) is 17.9. The van der Waals surface area contributed by atoms with Crippen LogP contribution in [0.15, 0.2) is 59.7 Å². The highest BCUT2D eigenvalue weighted by Gasteiger charge is 2.25. The first kappa shape index (κ1) is 26.1. The molecule has 0 unspecified atom stereocenters. The number of rotatable bonds is 9. The third kappa shape index (κ3) is 7.04. The predicted octanol–water partition coefficient (Wildman–Crippen LogP) is 3.10. The number of hydrogen-bond acceptors (Lipinski definition) is 6. The highest BCUT2D eigenvalue weighted by Crippen LogP contribution is 2.23. The highest BCUT2D eigenvalue weighted by atomic mass is 19.1. The van der Waals surface area contributed by atoms with Crippen LogP contribution < -0.4 is 10.9 Å². The van der Waals surface area contributed by atoms with Crippen LogP contribution in [0.2, 0.25) is 0 Å². The second kappa shape index (κ2) is 12.3. The Morgan fingerprint density at radius 2 is 1.81 bits per heavy atom. The zero-order valence-electron chi connectivity index (χ0n) is 20.7. The van der Waals surface area contributed by atoms with E-state index < -0.39 is 18.0 Å². The number of aromatic nitrogens is 2. The van der Waals surface area contributed by atoms with E-state index in [0.29, 0.717) is 18.7 Å². The van der Waals surface area contributed by atoms with Gasteiger partial charge in [-0.1, -0.05) is 36.1 Å². The number of nitrogens with zero attached hydrogens (tertiary/aromatic N) is 3. The van der Waals surface area contributed by atoms with Crippen molar-refractivity contribution in [3.05, 3.63) is 93.2 Å². The maximum Gasteiger partial charge on any atom is 0.293 e. The minimum absolute atomic E-state index is 0.126. The number of H-pyrrole nitrogens is 1. The maximum absolute atomic E-state index is 13.0. The second-order valence-electron chi connectivity index (χ2n) is 9.48. The number of aromatic hydroxyl groups is 1. The van der Waals surface area contributed by atoms with E-state index in [9.17, 15) is 14.3 Å². The first-order valence-electron chi connectivity index (χ1n) is 12.3. The molecular weight excluding hydrogens is 469 g/mol. The molecule has 1 aliphatic rings. The minimum Gasteiger partial charge on any atom is -0.502 e. The van der Waals surface area contributed by atoms with Crippen LogP contribution >= 0.6 is 0 Å². The lowest BCUT2D eigenvalue weighted by atomic mass is 9.92. The molecule has 37 heavy (non-hydrogen) atoms. The van der Waals surface area contributed by atoms with Crippen LogP contribution in [-0.2, 0) is 13.0 Å². The van der Waals surface area contributed by atoms with Gasteiger partial charge in [0, 0.05) is 55.7 Å². The molecular formula is C29H30FN5O2. The summed E-state index contributed by atoms with van der Waals surface area (Å²) in [5, 5.41) is 22.2. The van der Waals surface area contributed by atoms with Crippen molar-refractivity contribution in [2.75, 3.05) is 26.3 Å². The molecule has 4 rings (SSSR count). The standard InChI is InChI=1S/C29H30FN5O2/c1-20(13-30)32-15-26(12-27-28(36)29(37)34-19-33-27)25-10-8-22(9-11-25)3-2-21-4-6-23(7-5-21)16-35-17-24(14-31)18-35/h4-11,19-20,24,26,32,36H,12-13,15-18H2,1H3,(H,33,34,37)/t20-,26+/m0/s1. The molecule has 1 fully saturated rings. The molecule has 2 atom stereocenters. The van der Waals surface area contributed by atoms with Gasteiger partial charge in [-0.2, -0.15) is 5.26 Å². The third-order valence-corrected chi connectivity index (χ3v) is 6.52. The second-order valence-corrected chi connectivity index (χ2v) is 9.48. The van der Waals surface area contributed by atoms with E-state index in [-0.39, 0.29) is 17.9 Å². The molecule has 0 saturated carbocycles. The number of halogens is 1. The van der Waals surface area contributed by atoms with Crippen LogP contribution in [0.1, 0.15) is 40.8 Å². The van der Waals surface area contributed by atoms with Crippen LogP contribution in [0.25, 0.3) is 0 Å². The van der Waals surface area contributed by atoms with E-state index in [1.807, 2.05) is 36.4 Å². The molecule has 0 aliphatic carbocycles. The van der Waals surface area contributed by atoms with Crippen molar-refractivity contribution >= 4 is 0 Å². The van der Waals surface area contributed by atoms with E-state index in [4.69, 9.17) is 5.26 Å². The van der Waals surface area contributed by atoms with Crippen molar-refractivity contribution in [3.63, 3.8) is 0 Å². The molecule has 3 N–H and O–H groups in total. The Morgan fingerprint density at radius 3 is 2.43 bits per heavy atom. The molecule has 0 bridgehead atoms. The number of hydrogen-bond donors (Lipinski definition) is 3. The molecule has 2 aromatic carbocycles. The van der Waals surface area contributed by atoms with Crippen LogP contribution in [0.4, 0.5) is 4.39 Å². The van der Waals surface area contributed by atoms with Gasteiger partial charge in [0.05, 0.1) is 24.0 Å². The Bertz CT molecular complexity index is 1350. The van der Waals surface area contributed by atoms with Gasteiger partial charge in [-0.3, -0.25) is 9.69 Å². The number of benzene rings is 2. The number of likely N-dealkylation sites (tertiary alicyclic amines) is 1. The number of nitriles is 1. The van der Waals surface area contributed by atoms with Gasteiger partial charge in [0.1, 0.15) is 6.67 Å². The van der Waals surface area contributed by atoms with Gasteiger partial charge >= 0.3 is 0 Å². The van der Waals surface area contributed by atoms with Crippen LogP contribution in [-0.4, -0.2) is 52.3 Å². The summed E-state index contributed by atoms with van der Waals surface area (Å²) in [5.74, 6) is 6.02. The summed E-state index contributed by atoms with van der Waals surface area (Å²) < 4.78 is 13.0. The monoisotopic (exact) mass is 499 g/mol. The highest BCUT2D eigenvalue weighted by molar-refractivity contribution is 5.44. The Labute approximate surface area is 216 Å². The average molecular weight is 500 g/mol. The van der Waals surface area contributed by atoms with Crippen molar-refractivity contribution in [3.8, 4) is 23.7 Å². The lowest BCUT2D eigenvalue weighted by Gasteiger charge is -2.35. The van der Waals surface area contributed by atoms with Crippen molar-refractivity contribution in [2.45, 2.75) is 31.8 Å². The number of aromatic amines is 1. The van der Waals surface area contributed by atoms with Crippen molar-refractivity contribution in [2.24, 2.45) is 5.92 Å². The van der Waals surface area contributed by atoms with Crippen molar-refractivity contribution < 1.29 is 9.50 Å². The fourth-order valence-corrected chi connectivity index (χ4v) is 4.23. The SMILES string of the molecule is C[C@@H](CF)NC[C@@H](Cc1nc[nH]c(=O)c1O)c1ccc(C#Cc2ccc(CN3CC(C#N)C3)cc2)cc1. The minimum atomic E-state index is -0.583. The van der Waals surface area contributed by atoms with Gasteiger partial charge in [-0.15, -0.1) is 0 Å². The van der Waals surface area contributed by atoms with Gasteiger partial charge in [-0.25, -0.2) is 9.37 Å². The Kier molecular flexibility index (Phi) is 8.68. The summed E-state index contributed by atoms with van der Waals surface area (Å²) in [5.41, 5.74) is 3.67. The topological polar surface area (TPSA) is 105 Å². The summed E-state index contributed by atoms with van der Waals surface area (Å²) in [6.07, 6.45) is 1.60. The van der Waals surface area contributed by atoms with Gasteiger partial charge < -0.3 is 15.4 Å². The lowest BCUT2D eigenvalue weighted by molar-refractivity contribution is 0.127. The quantitative estimate of drug-likeness (QED) is 0.391. The molecule has 1 aliphatic heterocycles. The van der Waals surface area contributed by atoms with Crippen LogP contribution in [0.3, 0.4) is 0 Å². The van der Waals surface area contributed by atoms with E-state index in [1.165, 1.54) is 11.9 Å². The number of nitrogens with one attached hydrogen (secondary N) is 2. The summed E-state index contributed by atoms with van der Waals surface area (Å²) in [7, 11) is 0. The molecule has 190 valence electrons. The van der Waals surface area contributed by atoms with Crippen molar-refractivity contribution in [1.82, 2.24) is 20.2 Å². The Morgan fingerprint density at radius 1 is 1.16 bits per heavy atom. The molecule has 0 amide bonds. The molecule has 1 saturated heterocycles. The zero-order chi connectivity index (χ0) is 26.2. The van der Waals surface area contributed by atoms with E-state index in [0.717, 1.165) is 36.3 Å². The largest absolute Gasteiger partial charge is 0.502 e. The van der Waals surface area contributed by atoms with E-state index in [1.54, 1.807) is 6.92 Å². The molecule has 1 aromatic heterocycles. The van der Waals surface area contributed by atoms with Gasteiger partial charge in [-0.05, 0) is 42.3 Å². The summed E-state index contributed by atoms with van der Waals surface area (Å²) in [6, 6.07) is 17.9. The Hall–Kier alpha value is -3.98. The third-order valence-electron chi connectivity index (χ3n) is 6.52. The summed E-state index contributed by atoms with van der Waals surface area (Å²) >= 11 is 0. The molecule has 2 heterocycles. The van der Waals surface area contributed by atoms with Crippen molar-refractivity contribution in [1.29, 1.82) is 5.26 Å². The molecule has 0 radical (unpaired) electrons. The molecule has 0 spiro atoms. The maximum atomic E-state index is 13.0. The summed E-state index contributed by atoms with van der Waals surface area (Å²) in [6.45, 7) is 4.25. The normalized spacial score (nSPS) is 15.2. The van der Waals surface area contributed by atoms with E-state index in [2.05, 4.69) is 50.2 Å². The number of alkyl halides is 1. The summed E-state index contributed by atoms with van der Waals surface area (Å²) in [4.78, 5) is 20.5. The van der Waals surface area contributed by atoms with Crippen LogP contribution in [0.5, 0.6) is 5.75 Å². The van der Waals surface area contributed by atoms with Gasteiger partial charge in [0.15, 0.2) is 0 Å². The smallest absolute Gasteiger partial charge is 0.293 e. The van der Waals surface area contributed by atoms with Gasteiger partial charge in [0.25, 0.3) is 5.56 Å². The van der Waals surface area contributed by atoms with Crippen LogP contribution in [0, 0.1) is 29.1 Å². The zero-order valence-corrected chi connectivity index (χ0v) is 20.7. The molecule has 7 nitrogen and oxygen atoms in total. The Balaban J connectivity index is 1.42. The van der Waals surface area contributed by atoms with Gasteiger partial charge in [0.2, 0.25) is 5.75 Å². The predicted molar refractivity (Wildman–Crippen MR) is 140 cm³/mol. The fraction of sp³-hybridized carbons (Fsp3) is 0.345. The molecule has 8 heteroatoms.